The number of carbonyl (C=O) groups excluding carboxylic acids is 4. The van der Waals surface area contributed by atoms with Gasteiger partial charge in [0.05, 0.1) is 0 Å². The summed E-state index contributed by atoms with van der Waals surface area (Å²) in [4.78, 5) is 59.7. The van der Waals surface area contributed by atoms with E-state index in [1.807, 2.05) is 5.32 Å². The summed E-state index contributed by atoms with van der Waals surface area (Å²) in [5.41, 5.74) is 0.738. The van der Waals surface area contributed by atoms with Crippen molar-refractivity contribution in [3.8, 4) is 0 Å². The number of ketones is 1. The van der Waals surface area contributed by atoms with Crippen molar-refractivity contribution in [1.82, 2.24) is 16.0 Å². The number of alkyl halides is 2. The fourth-order valence-corrected chi connectivity index (χ4v) is 2.82. The molecule has 0 saturated carbocycles. The molecule has 34 heavy (non-hydrogen) atoms. The second-order valence-corrected chi connectivity index (χ2v) is 7.66. The first kappa shape index (κ1) is 28.5. The van der Waals surface area contributed by atoms with Crippen LogP contribution in [0.4, 0.5) is 13.6 Å². The van der Waals surface area contributed by atoms with E-state index in [-0.39, 0.29) is 12.5 Å². The van der Waals surface area contributed by atoms with Crippen LogP contribution in [0.2, 0.25) is 0 Å². The third-order valence-corrected chi connectivity index (χ3v) is 4.99. The number of aliphatic carboxylic acids is 1. The van der Waals surface area contributed by atoms with Gasteiger partial charge >= 0.3 is 12.1 Å². The average Bonchev–Trinajstić information content (AvgIpc) is 2.79. The molecule has 0 aliphatic heterocycles. The molecule has 1 aromatic carbocycles. The van der Waals surface area contributed by atoms with Crippen LogP contribution in [0.3, 0.4) is 0 Å². The van der Waals surface area contributed by atoms with Gasteiger partial charge in [-0.05, 0) is 18.4 Å². The molecule has 0 saturated heterocycles. The Labute approximate surface area is 195 Å². The van der Waals surface area contributed by atoms with Crippen molar-refractivity contribution >= 4 is 29.7 Å². The second kappa shape index (κ2) is 13.9. The first-order chi connectivity index (χ1) is 16.0. The molecule has 0 spiro atoms. The number of carbonyl (C=O) groups is 5. The molecule has 0 aliphatic rings. The van der Waals surface area contributed by atoms with Crippen LogP contribution >= 0.6 is 0 Å². The normalized spacial score (nSPS) is 14.3. The van der Waals surface area contributed by atoms with Gasteiger partial charge in [0.2, 0.25) is 18.2 Å². The molecule has 10 nitrogen and oxygen atoms in total. The molecule has 188 valence electrons. The number of nitrogens with one attached hydrogen (secondary N) is 3. The van der Waals surface area contributed by atoms with Gasteiger partial charge in [0, 0.05) is 6.42 Å². The van der Waals surface area contributed by atoms with Crippen molar-refractivity contribution in [3.63, 3.8) is 0 Å². The molecule has 4 N–H and O–H groups in total. The molecule has 3 unspecified atom stereocenters. The molecule has 4 atom stereocenters. The van der Waals surface area contributed by atoms with E-state index in [1.54, 1.807) is 44.2 Å². The zero-order valence-electron chi connectivity index (χ0n) is 19.0. The lowest BCUT2D eigenvalue weighted by atomic mass is 9.98. The standard InChI is InChI=1S/C22H29F2N3O7/c1-4-12(2)17(27-22(33)34-11-14-8-6-5-7-9-14)20(30)25-13(3)19(29)26-15(10-16(23)24)18(28)21(31)32/h5-9,12-13,15-17H,4,10-11H2,1-3H3,(H,25,30)(H,26,29)(H,27,33)(H,31,32)/t12-,13?,15?,17?/m0/s1. The predicted molar refractivity (Wildman–Crippen MR) is 116 cm³/mol. The summed E-state index contributed by atoms with van der Waals surface area (Å²) in [5.74, 6) is -5.73. The van der Waals surface area contributed by atoms with E-state index in [2.05, 4.69) is 10.6 Å². The molecule has 1 aromatic rings. The van der Waals surface area contributed by atoms with E-state index in [9.17, 15) is 32.8 Å². The van der Waals surface area contributed by atoms with Gasteiger partial charge < -0.3 is 25.8 Å². The molecule has 0 fully saturated rings. The Hall–Kier alpha value is -3.57. The Morgan fingerprint density at radius 1 is 0.971 bits per heavy atom. The minimum absolute atomic E-state index is 0.0243. The van der Waals surface area contributed by atoms with Gasteiger partial charge in [-0.15, -0.1) is 0 Å². The van der Waals surface area contributed by atoms with Crippen molar-refractivity contribution in [2.45, 2.75) is 64.8 Å². The number of halogens is 2. The number of carboxylic acids is 1. The SMILES string of the molecule is CC[C@H](C)C(NC(=O)OCc1ccccc1)C(=O)NC(C)C(=O)NC(CC(F)F)C(=O)C(=O)O. The molecule has 1 rings (SSSR count). The Bertz CT molecular complexity index is 867. The lowest BCUT2D eigenvalue weighted by Crippen LogP contribution is -2.56. The van der Waals surface area contributed by atoms with Crippen LogP contribution in [0.5, 0.6) is 0 Å². The van der Waals surface area contributed by atoms with Crippen molar-refractivity contribution in [1.29, 1.82) is 0 Å². The zero-order valence-corrected chi connectivity index (χ0v) is 19.0. The van der Waals surface area contributed by atoms with Crippen LogP contribution in [0.15, 0.2) is 30.3 Å². The number of rotatable bonds is 13. The highest BCUT2D eigenvalue weighted by atomic mass is 19.3. The molecule has 0 aromatic heterocycles. The van der Waals surface area contributed by atoms with E-state index < -0.39 is 60.6 Å². The third kappa shape index (κ3) is 9.51. The molecular weight excluding hydrogens is 456 g/mol. The summed E-state index contributed by atoms with van der Waals surface area (Å²) in [5, 5.41) is 15.5. The van der Waals surface area contributed by atoms with Gasteiger partial charge in [0.25, 0.3) is 5.78 Å². The van der Waals surface area contributed by atoms with Crippen molar-refractivity contribution in [2.24, 2.45) is 5.92 Å². The fraction of sp³-hybridized carbons (Fsp3) is 0.500. The van der Waals surface area contributed by atoms with Gasteiger partial charge in [-0.25, -0.2) is 18.4 Å². The molecule has 0 radical (unpaired) electrons. The van der Waals surface area contributed by atoms with Crippen LogP contribution in [0, 0.1) is 5.92 Å². The summed E-state index contributed by atoms with van der Waals surface area (Å²) < 4.78 is 30.5. The molecule has 0 aliphatic carbocycles. The summed E-state index contributed by atoms with van der Waals surface area (Å²) in [7, 11) is 0. The van der Waals surface area contributed by atoms with Crippen LogP contribution in [0.25, 0.3) is 0 Å². The smallest absolute Gasteiger partial charge is 0.408 e. The number of Topliss-reactive ketones (excluding diaryl/α,β-unsaturated/α-hetero) is 1. The molecular formula is C22H29F2N3O7. The predicted octanol–water partition coefficient (Wildman–Crippen LogP) is 1.63. The second-order valence-electron chi connectivity index (χ2n) is 7.66. The number of hydrogen-bond donors (Lipinski definition) is 4. The van der Waals surface area contributed by atoms with Gasteiger partial charge in [-0.1, -0.05) is 50.6 Å². The minimum atomic E-state index is -3.04. The maximum absolute atomic E-state index is 12.7. The Morgan fingerprint density at radius 3 is 2.12 bits per heavy atom. The number of amides is 3. The molecule has 0 bridgehead atoms. The zero-order chi connectivity index (χ0) is 25.8. The summed E-state index contributed by atoms with van der Waals surface area (Å²) >= 11 is 0. The van der Waals surface area contributed by atoms with E-state index in [0.717, 1.165) is 5.56 Å². The summed E-state index contributed by atoms with van der Waals surface area (Å²) in [6.07, 6.45) is -4.60. The quantitative estimate of drug-likeness (QED) is 0.310. The summed E-state index contributed by atoms with van der Waals surface area (Å²) in [6, 6.07) is 4.50. The van der Waals surface area contributed by atoms with E-state index in [0.29, 0.717) is 6.42 Å². The van der Waals surface area contributed by atoms with Gasteiger partial charge in [-0.3, -0.25) is 14.4 Å². The monoisotopic (exact) mass is 485 g/mol. The highest BCUT2D eigenvalue weighted by molar-refractivity contribution is 6.35. The Balaban J connectivity index is 2.77. The third-order valence-electron chi connectivity index (χ3n) is 4.99. The molecule has 0 heterocycles. The summed E-state index contributed by atoms with van der Waals surface area (Å²) in [6.45, 7) is 4.67. The average molecular weight is 485 g/mol. The van der Waals surface area contributed by atoms with Crippen LogP contribution < -0.4 is 16.0 Å². The first-order valence-electron chi connectivity index (χ1n) is 10.6. The van der Waals surface area contributed by atoms with Crippen molar-refractivity contribution < 1.29 is 42.6 Å². The largest absolute Gasteiger partial charge is 0.475 e. The topological polar surface area (TPSA) is 151 Å². The lowest BCUT2D eigenvalue weighted by molar-refractivity contribution is -0.151. The van der Waals surface area contributed by atoms with Crippen molar-refractivity contribution in [3.05, 3.63) is 35.9 Å². The van der Waals surface area contributed by atoms with Crippen molar-refractivity contribution in [2.75, 3.05) is 0 Å². The minimum Gasteiger partial charge on any atom is -0.475 e. The van der Waals surface area contributed by atoms with Crippen LogP contribution in [0.1, 0.15) is 39.2 Å². The molecule has 3 amide bonds. The number of benzene rings is 1. The lowest BCUT2D eigenvalue weighted by Gasteiger charge is -2.25. The maximum atomic E-state index is 12.7. The fourth-order valence-electron chi connectivity index (χ4n) is 2.82. The number of hydrogen-bond acceptors (Lipinski definition) is 6. The van der Waals surface area contributed by atoms with E-state index in [1.165, 1.54) is 6.92 Å². The van der Waals surface area contributed by atoms with E-state index in [4.69, 9.17) is 9.84 Å². The highest BCUT2D eigenvalue weighted by Gasteiger charge is 2.33. The molecule has 12 heteroatoms. The first-order valence-corrected chi connectivity index (χ1v) is 10.6. The number of alkyl carbamates (subject to hydrolysis) is 1. The van der Waals surface area contributed by atoms with Gasteiger partial charge in [0.15, 0.2) is 0 Å². The number of carboxylic acid groups (broad SMARTS) is 1. The van der Waals surface area contributed by atoms with Crippen LogP contribution in [-0.2, 0) is 30.5 Å². The van der Waals surface area contributed by atoms with E-state index >= 15 is 0 Å². The number of ether oxygens (including phenoxy) is 1. The van der Waals surface area contributed by atoms with Gasteiger partial charge in [0.1, 0.15) is 24.7 Å². The Kier molecular flexibility index (Phi) is 11.6. The maximum Gasteiger partial charge on any atom is 0.408 e. The van der Waals surface area contributed by atoms with Gasteiger partial charge in [-0.2, -0.15) is 0 Å². The highest BCUT2D eigenvalue weighted by Crippen LogP contribution is 2.10. The Morgan fingerprint density at radius 2 is 1.59 bits per heavy atom. The van der Waals surface area contributed by atoms with Crippen LogP contribution in [-0.4, -0.2) is 59.3 Å².